The quantitative estimate of drug-likeness (QED) is 0.841. The van der Waals surface area contributed by atoms with E-state index in [1.165, 1.54) is 0 Å². The molecule has 2 atom stereocenters. The number of nitrogens with one attached hydrogen (secondary N) is 1. The summed E-state index contributed by atoms with van der Waals surface area (Å²) in [5, 5.41) is 2.94. The van der Waals surface area contributed by atoms with E-state index in [0.29, 0.717) is 18.1 Å². The normalized spacial score (nSPS) is 19.3. The van der Waals surface area contributed by atoms with Crippen LogP contribution in [0.1, 0.15) is 24.8 Å². The molecule has 0 heterocycles. The molecule has 1 aromatic rings. The summed E-state index contributed by atoms with van der Waals surface area (Å²) in [6.45, 7) is 0. The van der Waals surface area contributed by atoms with Gasteiger partial charge in [0.15, 0.2) is 0 Å². The maximum Gasteiger partial charge on any atom is 0.224 e. The number of benzene rings is 1. The Morgan fingerprint density at radius 2 is 2.21 bits per heavy atom. The van der Waals surface area contributed by atoms with Crippen LogP contribution < -0.4 is 5.32 Å². The first-order valence-electron chi connectivity index (χ1n) is 6.49. The van der Waals surface area contributed by atoms with Gasteiger partial charge < -0.3 is 5.32 Å². The summed E-state index contributed by atoms with van der Waals surface area (Å²) in [5.41, 5.74) is 1.71. The van der Waals surface area contributed by atoms with Gasteiger partial charge in [-0.25, -0.2) is 0 Å². The number of rotatable bonds is 5. The average molecular weight is 277 g/mol. The Hall–Kier alpha value is -1.42. The van der Waals surface area contributed by atoms with Gasteiger partial charge in [0.25, 0.3) is 0 Å². The van der Waals surface area contributed by atoms with Gasteiger partial charge in [0.1, 0.15) is 0 Å². The van der Waals surface area contributed by atoms with Crippen molar-refractivity contribution in [3.63, 3.8) is 0 Å². The summed E-state index contributed by atoms with van der Waals surface area (Å²) < 4.78 is 11.3. The first-order valence-corrected chi connectivity index (χ1v) is 8.22. The summed E-state index contributed by atoms with van der Waals surface area (Å²) in [4.78, 5) is 12.0. The summed E-state index contributed by atoms with van der Waals surface area (Å²) in [5.74, 6) is 0.873. The third-order valence-corrected chi connectivity index (χ3v) is 3.93. The second-order valence-electron chi connectivity index (χ2n) is 4.89. The van der Waals surface area contributed by atoms with Gasteiger partial charge in [-0.3, -0.25) is 9.00 Å². The molecule has 1 N–H and O–H groups in total. The Bertz CT molecular complexity index is 511. The van der Waals surface area contributed by atoms with Crippen LogP contribution in [0.25, 0.3) is 0 Å². The van der Waals surface area contributed by atoms with Crippen molar-refractivity contribution in [1.29, 1.82) is 0 Å². The lowest BCUT2D eigenvalue weighted by Crippen LogP contribution is -2.16. The Labute approximate surface area is 116 Å². The van der Waals surface area contributed by atoms with Gasteiger partial charge in [-0.15, -0.1) is 0 Å². The maximum absolute atomic E-state index is 12.0. The molecule has 1 amide bonds. The van der Waals surface area contributed by atoms with Crippen LogP contribution in [0.15, 0.2) is 36.4 Å². The summed E-state index contributed by atoms with van der Waals surface area (Å²) in [7, 11) is -0.908. The minimum atomic E-state index is -0.908. The standard InChI is InChI=1S/C15H19NO2S/c1-19(18)11-13-8-4-5-9-14(13)16-15(17)10-12-6-2-3-7-12/h2,4-6,8-9,12H,3,7,10-11H2,1H3,(H,16,17)/t12-,19-/m0/s1. The van der Waals surface area contributed by atoms with Crippen molar-refractivity contribution in [2.45, 2.75) is 25.0 Å². The molecule has 0 fully saturated rings. The molecule has 0 saturated heterocycles. The van der Waals surface area contributed by atoms with E-state index in [9.17, 15) is 9.00 Å². The van der Waals surface area contributed by atoms with Crippen LogP contribution in [0.5, 0.6) is 0 Å². The zero-order chi connectivity index (χ0) is 13.7. The van der Waals surface area contributed by atoms with E-state index in [2.05, 4.69) is 17.5 Å². The van der Waals surface area contributed by atoms with E-state index in [-0.39, 0.29) is 5.91 Å². The lowest BCUT2D eigenvalue weighted by Gasteiger charge is -2.12. The van der Waals surface area contributed by atoms with Crippen LogP contribution in [-0.2, 0) is 21.3 Å². The molecule has 1 aliphatic rings. The first kappa shape index (κ1) is 14.0. The zero-order valence-electron chi connectivity index (χ0n) is 11.1. The van der Waals surface area contributed by atoms with Crippen LogP contribution >= 0.6 is 0 Å². The SMILES string of the molecule is C[S@](=O)Cc1ccccc1NC(=O)C[C@H]1C=CCC1. The van der Waals surface area contributed by atoms with E-state index in [4.69, 9.17) is 0 Å². The van der Waals surface area contributed by atoms with Gasteiger partial charge in [0.2, 0.25) is 5.91 Å². The number of allylic oxidation sites excluding steroid dienone is 2. The van der Waals surface area contributed by atoms with Gasteiger partial charge in [-0.05, 0) is 30.4 Å². The van der Waals surface area contributed by atoms with E-state index >= 15 is 0 Å². The smallest absolute Gasteiger partial charge is 0.224 e. The van der Waals surface area contributed by atoms with Crippen LogP contribution in [0.4, 0.5) is 5.69 Å². The predicted molar refractivity (Wildman–Crippen MR) is 79.3 cm³/mol. The fraction of sp³-hybridized carbons (Fsp3) is 0.400. The molecule has 0 aliphatic heterocycles. The second-order valence-corrected chi connectivity index (χ2v) is 6.33. The highest BCUT2D eigenvalue weighted by Crippen LogP contribution is 2.22. The summed E-state index contributed by atoms with van der Waals surface area (Å²) in [6.07, 6.45) is 8.58. The fourth-order valence-electron chi connectivity index (χ4n) is 2.29. The molecular weight excluding hydrogens is 258 g/mol. The van der Waals surface area contributed by atoms with Crippen molar-refractivity contribution in [2.24, 2.45) is 5.92 Å². The molecular formula is C15H19NO2S. The number of amides is 1. The Morgan fingerprint density at radius 1 is 1.42 bits per heavy atom. The predicted octanol–water partition coefficient (Wildman–Crippen LogP) is 2.86. The number of carbonyl (C=O) groups is 1. The summed E-state index contributed by atoms with van der Waals surface area (Å²) in [6, 6.07) is 7.56. The minimum Gasteiger partial charge on any atom is -0.326 e. The maximum atomic E-state index is 12.0. The Kier molecular flexibility index (Phi) is 4.91. The highest BCUT2D eigenvalue weighted by atomic mass is 32.2. The molecule has 0 radical (unpaired) electrons. The Morgan fingerprint density at radius 3 is 2.89 bits per heavy atom. The van der Waals surface area contributed by atoms with Crippen LogP contribution in [0, 0.1) is 5.92 Å². The number of hydrogen-bond donors (Lipinski definition) is 1. The number of anilines is 1. The molecule has 102 valence electrons. The van der Waals surface area contributed by atoms with Crippen LogP contribution in [0.2, 0.25) is 0 Å². The molecule has 19 heavy (non-hydrogen) atoms. The molecule has 0 saturated carbocycles. The van der Waals surface area contributed by atoms with E-state index in [1.807, 2.05) is 24.3 Å². The molecule has 0 bridgehead atoms. The molecule has 0 spiro atoms. The van der Waals surface area contributed by atoms with Crippen LogP contribution in [0.3, 0.4) is 0 Å². The molecule has 1 aliphatic carbocycles. The van der Waals surface area contributed by atoms with Gasteiger partial charge in [0, 0.05) is 29.2 Å². The van der Waals surface area contributed by atoms with Gasteiger partial charge in [0.05, 0.1) is 5.75 Å². The van der Waals surface area contributed by atoms with Crippen LogP contribution in [-0.4, -0.2) is 16.4 Å². The molecule has 1 aromatic carbocycles. The molecule has 3 nitrogen and oxygen atoms in total. The van der Waals surface area contributed by atoms with E-state index in [1.54, 1.807) is 6.26 Å². The molecule has 4 heteroatoms. The lowest BCUT2D eigenvalue weighted by atomic mass is 10.0. The fourth-order valence-corrected chi connectivity index (χ4v) is 2.98. The molecule has 0 aromatic heterocycles. The van der Waals surface area contributed by atoms with Crippen molar-refractivity contribution < 1.29 is 9.00 Å². The van der Waals surface area contributed by atoms with Gasteiger partial charge >= 0.3 is 0 Å². The third-order valence-electron chi connectivity index (χ3n) is 3.21. The zero-order valence-corrected chi connectivity index (χ0v) is 11.9. The van der Waals surface area contributed by atoms with Gasteiger partial charge in [-0.2, -0.15) is 0 Å². The minimum absolute atomic E-state index is 0.0332. The summed E-state index contributed by atoms with van der Waals surface area (Å²) >= 11 is 0. The highest BCUT2D eigenvalue weighted by Gasteiger charge is 2.15. The van der Waals surface area contributed by atoms with Gasteiger partial charge in [-0.1, -0.05) is 30.4 Å². The van der Waals surface area contributed by atoms with Crippen molar-refractivity contribution in [2.75, 3.05) is 11.6 Å². The third kappa shape index (κ3) is 4.31. The lowest BCUT2D eigenvalue weighted by molar-refractivity contribution is -0.116. The highest BCUT2D eigenvalue weighted by molar-refractivity contribution is 7.83. The van der Waals surface area contributed by atoms with Crippen molar-refractivity contribution in [3.8, 4) is 0 Å². The Balaban J connectivity index is 1.99. The van der Waals surface area contributed by atoms with Crippen molar-refractivity contribution >= 4 is 22.4 Å². The second kappa shape index (κ2) is 6.66. The topological polar surface area (TPSA) is 46.2 Å². The molecule has 2 rings (SSSR count). The van der Waals surface area contributed by atoms with Crippen molar-refractivity contribution in [3.05, 3.63) is 42.0 Å². The monoisotopic (exact) mass is 277 g/mol. The number of carbonyl (C=O) groups excluding carboxylic acids is 1. The van der Waals surface area contributed by atoms with E-state index < -0.39 is 10.8 Å². The average Bonchev–Trinajstić information content (AvgIpc) is 2.83. The van der Waals surface area contributed by atoms with E-state index in [0.717, 1.165) is 24.1 Å². The number of hydrogen-bond acceptors (Lipinski definition) is 2. The first-order chi connectivity index (χ1) is 9.15. The largest absolute Gasteiger partial charge is 0.326 e. The molecule has 0 unspecified atom stereocenters. The number of para-hydroxylation sites is 1. The van der Waals surface area contributed by atoms with Crippen molar-refractivity contribution in [1.82, 2.24) is 0 Å².